The van der Waals surface area contributed by atoms with Crippen LogP contribution in [0.4, 0.5) is 0 Å². The molecule has 90 valence electrons. The van der Waals surface area contributed by atoms with Crippen molar-refractivity contribution < 1.29 is 9.90 Å². The van der Waals surface area contributed by atoms with Gasteiger partial charge in [0.1, 0.15) is 4.75 Å². The van der Waals surface area contributed by atoms with E-state index in [1.54, 1.807) is 0 Å². The molecule has 2 nitrogen and oxygen atoms in total. The van der Waals surface area contributed by atoms with Crippen LogP contribution in [0.3, 0.4) is 0 Å². The van der Waals surface area contributed by atoms with Crippen LogP contribution in [0.5, 0.6) is 0 Å². The van der Waals surface area contributed by atoms with Crippen molar-refractivity contribution in [1.82, 2.24) is 0 Å². The molecular weight excluding hydrogens is 256 g/mol. The van der Waals surface area contributed by atoms with Gasteiger partial charge in [-0.15, -0.1) is 11.8 Å². The Hall–Kier alpha value is -0.670. The number of carbonyl (C=O) groups is 1. The van der Waals surface area contributed by atoms with Gasteiger partial charge in [-0.3, -0.25) is 4.79 Å². The second-order valence-corrected chi connectivity index (χ2v) is 7.02. The van der Waals surface area contributed by atoms with Crippen LogP contribution in [-0.2, 0) is 4.79 Å². The second-order valence-electron chi connectivity index (χ2n) is 5.19. The number of benzene rings is 1. The summed E-state index contributed by atoms with van der Waals surface area (Å²) in [5.41, 5.74) is 0.368. The minimum atomic E-state index is -0.694. The normalized spacial score (nSPS) is 23.1. The Balaban J connectivity index is 1.83. The lowest BCUT2D eigenvalue weighted by Gasteiger charge is -2.44. The predicted molar refractivity (Wildman–Crippen MR) is 68.6 cm³/mol. The number of aliphatic carboxylic acids is 1. The minimum Gasteiger partial charge on any atom is -0.480 e. The molecule has 0 aliphatic heterocycles. The van der Waals surface area contributed by atoms with E-state index in [4.69, 9.17) is 11.6 Å². The fourth-order valence-electron chi connectivity index (χ4n) is 2.70. The first-order valence-corrected chi connectivity index (χ1v) is 6.92. The molecule has 0 unspecified atom stereocenters. The van der Waals surface area contributed by atoms with E-state index in [9.17, 15) is 9.90 Å². The van der Waals surface area contributed by atoms with Crippen molar-refractivity contribution >= 4 is 29.3 Å². The summed E-state index contributed by atoms with van der Waals surface area (Å²) in [5.74, 6) is -0.694. The molecule has 0 atom stereocenters. The first kappa shape index (κ1) is 11.4. The molecule has 0 saturated heterocycles. The smallest absolute Gasteiger partial charge is 0.320 e. The third kappa shape index (κ3) is 1.85. The zero-order chi connectivity index (χ0) is 12.1. The zero-order valence-corrected chi connectivity index (χ0v) is 10.9. The number of rotatable bonds is 3. The second kappa shape index (κ2) is 3.66. The molecule has 2 fully saturated rings. The molecule has 0 bridgehead atoms. The molecule has 0 aromatic heterocycles. The summed E-state index contributed by atoms with van der Waals surface area (Å²) in [4.78, 5) is 12.4. The number of hydrogen-bond acceptors (Lipinski definition) is 2. The zero-order valence-electron chi connectivity index (χ0n) is 9.28. The van der Waals surface area contributed by atoms with Gasteiger partial charge in [0.15, 0.2) is 0 Å². The maximum absolute atomic E-state index is 11.5. The van der Waals surface area contributed by atoms with E-state index in [-0.39, 0.29) is 0 Å². The van der Waals surface area contributed by atoms with Gasteiger partial charge in [0.25, 0.3) is 0 Å². The van der Waals surface area contributed by atoms with E-state index in [1.807, 2.05) is 24.3 Å². The summed E-state index contributed by atoms with van der Waals surface area (Å²) in [6, 6.07) is 7.47. The molecule has 0 heterocycles. The molecule has 2 saturated carbocycles. The van der Waals surface area contributed by atoms with Crippen LogP contribution in [0.1, 0.15) is 25.7 Å². The van der Waals surface area contributed by atoms with Crippen LogP contribution in [0.2, 0.25) is 5.02 Å². The summed E-state index contributed by atoms with van der Waals surface area (Å²) in [6.07, 6.45) is 3.99. The van der Waals surface area contributed by atoms with Crippen LogP contribution >= 0.6 is 23.4 Å². The van der Waals surface area contributed by atoms with E-state index >= 15 is 0 Å². The van der Waals surface area contributed by atoms with Crippen LogP contribution < -0.4 is 0 Å². The Morgan fingerprint density at radius 3 is 2.47 bits per heavy atom. The molecule has 1 aromatic carbocycles. The standard InChI is InChI=1S/C13H13ClO2S/c14-9-3-1-2-4-10(9)17-13(11(15)16)7-12(8-13)5-6-12/h1-4H,5-8H2,(H,15,16). The van der Waals surface area contributed by atoms with Gasteiger partial charge in [0, 0.05) is 4.90 Å². The van der Waals surface area contributed by atoms with Crippen LogP contribution in [-0.4, -0.2) is 15.8 Å². The molecule has 4 heteroatoms. The van der Waals surface area contributed by atoms with Gasteiger partial charge in [-0.1, -0.05) is 23.7 Å². The highest BCUT2D eigenvalue weighted by molar-refractivity contribution is 8.01. The van der Waals surface area contributed by atoms with Gasteiger partial charge >= 0.3 is 5.97 Å². The summed E-state index contributed by atoms with van der Waals surface area (Å²) in [7, 11) is 0. The maximum atomic E-state index is 11.5. The van der Waals surface area contributed by atoms with E-state index in [0.717, 1.165) is 17.7 Å². The average molecular weight is 269 g/mol. The number of halogens is 1. The van der Waals surface area contributed by atoms with Crippen molar-refractivity contribution in [2.75, 3.05) is 0 Å². The van der Waals surface area contributed by atoms with Gasteiger partial charge in [-0.05, 0) is 43.2 Å². The maximum Gasteiger partial charge on any atom is 0.320 e. The lowest BCUT2D eigenvalue weighted by Crippen LogP contribution is -2.48. The SMILES string of the molecule is O=C(O)C1(Sc2ccccc2Cl)CC2(CC2)C1. The van der Waals surface area contributed by atoms with Crippen LogP contribution in [0.25, 0.3) is 0 Å². The molecule has 2 aliphatic rings. The van der Waals surface area contributed by atoms with Crippen molar-refractivity contribution in [1.29, 1.82) is 0 Å². The fourth-order valence-corrected chi connectivity index (χ4v) is 4.52. The van der Waals surface area contributed by atoms with E-state index in [0.29, 0.717) is 10.4 Å². The predicted octanol–water partition coefficient (Wildman–Crippen LogP) is 3.83. The quantitative estimate of drug-likeness (QED) is 0.905. The molecule has 2 aliphatic carbocycles. The highest BCUT2D eigenvalue weighted by atomic mass is 35.5. The highest BCUT2D eigenvalue weighted by Crippen LogP contribution is 2.69. The first-order valence-electron chi connectivity index (χ1n) is 5.72. The van der Waals surface area contributed by atoms with Gasteiger partial charge in [-0.25, -0.2) is 0 Å². The molecule has 0 radical (unpaired) electrons. The molecule has 1 aromatic rings. The molecule has 3 rings (SSSR count). The molecule has 0 amide bonds. The topological polar surface area (TPSA) is 37.3 Å². The summed E-state index contributed by atoms with van der Waals surface area (Å²) < 4.78 is -0.637. The summed E-state index contributed by atoms with van der Waals surface area (Å²) in [6.45, 7) is 0. The van der Waals surface area contributed by atoms with E-state index in [2.05, 4.69) is 0 Å². The Bertz CT molecular complexity index is 474. The molecule has 17 heavy (non-hydrogen) atoms. The first-order chi connectivity index (χ1) is 8.05. The number of hydrogen-bond donors (Lipinski definition) is 1. The van der Waals surface area contributed by atoms with Gasteiger partial charge in [0.05, 0.1) is 5.02 Å². The van der Waals surface area contributed by atoms with Crippen molar-refractivity contribution in [3.63, 3.8) is 0 Å². The Kier molecular flexibility index (Phi) is 2.46. The Labute approximate surface area is 109 Å². The minimum absolute atomic E-state index is 0.368. The third-order valence-electron chi connectivity index (χ3n) is 3.81. The van der Waals surface area contributed by atoms with Gasteiger partial charge in [-0.2, -0.15) is 0 Å². The largest absolute Gasteiger partial charge is 0.480 e. The monoisotopic (exact) mass is 268 g/mol. The summed E-state index contributed by atoms with van der Waals surface area (Å²) in [5, 5.41) is 10.1. The molecule has 1 spiro atoms. The van der Waals surface area contributed by atoms with Crippen molar-refractivity contribution in [3.8, 4) is 0 Å². The van der Waals surface area contributed by atoms with Crippen LogP contribution in [0, 0.1) is 5.41 Å². The lowest BCUT2D eigenvalue weighted by atomic mass is 9.71. The molecule has 1 N–H and O–H groups in total. The number of thioether (sulfide) groups is 1. The van der Waals surface area contributed by atoms with Crippen molar-refractivity contribution in [2.24, 2.45) is 5.41 Å². The molecular formula is C13H13ClO2S. The number of carboxylic acid groups (broad SMARTS) is 1. The van der Waals surface area contributed by atoms with Crippen LogP contribution in [0.15, 0.2) is 29.2 Å². The number of carboxylic acids is 1. The highest BCUT2D eigenvalue weighted by Gasteiger charge is 2.65. The van der Waals surface area contributed by atoms with E-state index in [1.165, 1.54) is 24.6 Å². The van der Waals surface area contributed by atoms with Crippen molar-refractivity contribution in [3.05, 3.63) is 29.3 Å². The average Bonchev–Trinajstić information content (AvgIpc) is 3.00. The van der Waals surface area contributed by atoms with E-state index < -0.39 is 10.7 Å². The summed E-state index contributed by atoms with van der Waals surface area (Å²) >= 11 is 7.51. The third-order valence-corrected chi connectivity index (χ3v) is 5.68. The Morgan fingerprint density at radius 2 is 1.94 bits per heavy atom. The lowest BCUT2D eigenvalue weighted by molar-refractivity contribution is -0.144. The van der Waals surface area contributed by atoms with Gasteiger partial charge in [0.2, 0.25) is 0 Å². The van der Waals surface area contributed by atoms with Crippen molar-refractivity contribution in [2.45, 2.75) is 35.3 Å². The Morgan fingerprint density at radius 1 is 1.29 bits per heavy atom. The fraction of sp³-hybridized carbons (Fsp3) is 0.462. The van der Waals surface area contributed by atoms with Gasteiger partial charge < -0.3 is 5.11 Å².